The van der Waals surface area contributed by atoms with Crippen LogP contribution in [0.4, 0.5) is 0 Å². The molecule has 0 atom stereocenters. The Morgan fingerprint density at radius 2 is 1.93 bits per heavy atom. The number of hydrogen-bond donors (Lipinski definition) is 1. The van der Waals surface area contributed by atoms with Crippen LogP contribution in [-0.4, -0.2) is 13.1 Å². The summed E-state index contributed by atoms with van der Waals surface area (Å²) in [6, 6.07) is 10.5. The van der Waals surface area contributed by atoms with Gasteiger partial charge in [0, 0.05) is 13.0 Å². The van der Waals surface area contributed by atoms with Gasteiger partial charge in [-0.25, -0.2) is 0 Å². The van der Waals surface area contributed by atoms with E-state index in [1.165, 1.54) is 5.56 Å². The summed E-state index contributed by atoms with van der Waals surface area (Å²) in [5.41, 5.74) is 1.39. The molecular formula is C13H17N. The minimum absolute atomic E-state index is 0.950. The Kier molecular flexibility index (Phi) is 5.54. The summed E-state index contributed by atoms with van der Waals surface area (Å²) in [5, 5.41) is 3.37. The average molecular weight is 187 g/mol. The molecule has 0 heterocycles. The second-order valence-corrected chi connectivity index (χ2v) is 3.16. The Bertz CT molecular complexity index is 292. The Labute approximate surface area is 86.5 Å². The maximum atomic E-state index is 3.37. The van der Waals surface area contributed by atoms with Crippen molar-refractivity contribution in [2.24, 2.45) is 0 Å². The van der Waals surface area contributed by atoms with Crippen LogP contribution >= 0.6 is 0 Å². The van der Waals surface area contributed by atoms with E-state index in [1.807, 2.05) is 13.0 Å². The van der Waals surface area contributed by atoms with Crippen LogP contribution in [-0.2, 0) is 6.42 Å². The van der Waals surface area contributed by atoms with Gasteiger partial charge in [-0.3, -0.25) is 0 Å². The molecule has 0 saturated carbocycles. The van der Waals surface area contributed by atoms with Gasteiger partial charge in [-0.15, -0.1) is 11.8 Å². The molecule has 0 spiro atoms. The smallest absolute Gasteiger partial charge is 0.0214 e. The van der Waals surface area contributed by atoms with Gasteiger partial charge >= 0.3 is 0 Å². The van der Waals surface area contributed by atoms with E-state index in [4.69, 9.17) is 0 Å². The molecule has 14 heavy (non-hydrogen) atoms. The van der Waals surface area contributed by atoms with Gasteiger partial charge in [0.05, 0.1) is 0 Å². The molecule has 0 fully saturated rings. The standard InChI is InChI=1S/C13H17N/c1-2-3-7-11-14-12-10-13-8-5-4-6-9-13/h4-6,8-9,14H,7,10-12H2,1H3. The van der Waals surface area contributed by atoms with Crippen molar-refractivity contribution >= 4 is 0 Å². The van der Waals surface area contributed by atoms with Gasteiger partial charge < -0.3 is 5.32 Å². The minimum Gasteiger partial charge on any atom is -0.315 e. The zero-order chi connectivity index (χ0) is 10.1. The Morgan fingerprint density at radius 1 is 1.14 bits per heavy atom. The van der Waals surface area contributed by atoms with Crippen LogP contribution in [0.2, 0.25) is 0 Å². The molecule has 0 amide bonds. The van der Waals surface area contributed by atoms with E-state index in [2.05, 4.69) is 41.4 Å². The van der Waals surface area contributed by atoms with Gasteiger partial charge in [-0.05, 0) is 25.5 Å². The van der Waals surface area contributed by atoms with E-state index >= 15 is 0 Å². The SMILES string of the molecule is CC#CCCNCCc1ccccc1. The summed E-state index contributed by atoms with van der Waals surface area (Å²) < 4.78 is 0. The average Bonchev–Trinajstić information content (AvgIpc) is 2.25. The largest absolute Gasteiger partial charge is 0.315 e. The predicted octanol–water partition coefficient (Wildman–Crippen LogP) is 2.23. The Hall–Kier alpha value is -1.26. The van der Waals surface area contributed by atoms with Crippen LogP contribution in [0.3, 0.4) is 0 Å². The number of benzene rings is 1. The molecule has 0 bridgehead atoms. The molecule has 1 nitrogen and oxygen atoms in total. The third kappa shape index (κ3) is 4.69. The quantitative estimate of drug-likeness (QED) is 0.550. The highest BCUT2D eigenvalue weighted by atomic mass is 14.8. The zero-order valence-electron chi connectivity index (χ0n) is 8.72. The van der Waals surface area contributed by atoms with Crippen molar-refractivity contribution < 1.29 is 0 Å². The molecule has 0 unspecified atom stereocenters. The van der Waals surface area contributed by atoms with Crippen molar-refractivity contribution in [3.05, 3.63) is 35.9 Å². The lowest BCUT2D eigenvalue weighted by atomic mass is 10.1. The maximum absolute atomic E-state index is 3.37. The van der Waals surface area contributed by atoms with Gasteiger partial charge in [-0.2, -0.15) is 0 Å². The molecule has 0 aromatic heterocycles. The lowest BCUT2D eigenvalue weighted by Gasteiger charge is -2.02. The summed E-state index contributed by atoms with van der Waals surface area (Å²) >= 11 is 0. The first-order chi connectivity index (χ1) is 6.93. The van der Waals surface area contributed by atoms with Gasteiger partial charge in [0.2, 0.25) is 0 Å². The molecule has 1 N–H and O–H groups in total. The lowest BCUT2D eigenvalue weighted by Crippen LogP contribution is -2.18. The van der Waals surface area contributed by atoms with E-state index in [9.17, 15) is 0 Å². The molecule has 1 rings (SSSR count). The summed E-state index contributed by atoms with van der Waals surface area (Å²) in [5.74, 6) is 5.92. The summed E-state index contributed by atoms with van der Waals surface area (Å²) in [4.78, 5) is 0. The predicted molar refractivity (Wildman–Crippen MR) is 61.1 cm³/mol. The molecule has 0 aliphatic heterocycles. The zero-order valence-corrected chi connectivity index (χ0v) is 8.72. The van der Waals surface area contributed by atoms with Crippen molar-refractivity contribution in [3.63, 3.8) is 0 Å². The topological polar surface area (TPSA) is 12.0 Å². The second kappa shape index (κ2) is 7.17. The van der Waals surface area contributed by atoms with Crippen LogP contribution in [0.1, 0.15) is 18.9 Å². The van der Waals surface area contributed by atoms with E-state index in [-0.39, 0.29) is 0 Å². The highest BCUT2D eigenvalue weighted by molar-refractivity contribution is 5.14. The Morgan fingerprint density at radius 3 is 2.64 bits per heavy atom. The van der Waals surface area contributed by atoms with Crippen molar-refractivity contribution in [2.45, 2.75) is 19.8 Å². The third-order valence-electron chi connectivity index (χ3n) is 2.04. The molecule has 0 radical (unpaired) electrons. The Balaban J connectivity index is 2.06. The van der Waals surface area contributed by atoms with Gasteiger partial charge in [0.1, 0.15) is 0 Å². The van der Waals surface area contributed by atoms with E-state index in [0.29, 0.717) is 0 Å². The lowest BCUT2D eigenvalue weighted by molar-refractivity contribution is 0.694. The van der Waals surface area contributed by atoms with Crippen LogP contribution < -0.4 is 5.32 Å². The highest BCUT2D eigenvalue weighted by Crippen LogP contribution is 1.97. The monoisotopic (exact) mass is 187 g/mol. The van der Waals surface area contributed by atoms with Crippen molar-refractivity contribution in [1.29, 1.82) is 0 Å². The third-order valence-corrected chi connectivity index (χ3v) is 2.04. The van der Waals surface area contributed by atoms with Crippen LogP contribution in [0.15, 0.2) is 30.3 Å². The van der Waals surface area contributed by atoms with E-state index in [0.717, 1.165) is 25.9 Å². The molecule has 1 aromatic carbocycles. The normalized spacial score (nSPS) is 9.21. The van der Waals surface area contributed by atoms with Crippen molar-refractivity contribution in [2.75, 3.05) is 13.1 Å². The summed E-state index contributed by atoms with van der Waals surface area (Å²) in [6.07, 6.45) is 2.05. The van der Waals surface area contributed by atoms with Gasteiger partial charge in [0.15, 0.2) is 0 Å². The second-order valence-electron chi connectivity index (χ2n) is 3.16. The molecule has 0 aliphatic carbocycles. The fraction of sp³-hybridized carbons (Fsp3) is 0.385. The van der Waals surface area contributed by atoms with E-state index in [1.54, 1.807) is 0 Å². The van der Waals surface area contributed by atoms with E-state index < -0.39 is 0 Å². The number of nitrogens with one attached hydrogen (secondary N) is 1. The molecule has 0 aliphatic rings. The van der Waals surface area contributed by atoms with Gasteiger partial charge in [0.25, 0.3) is 0 Å². The highest BCUT2D eigenvalue weighted by Gasteiger charge is 1.89. The molecule has 0 saturated heterocycles. The first-order valence-electron chi connectivity index (χ1n) is 5.07. The first-order valence-corrected chi connectivity index (χ1v) is 5.07. The fourth-order valence-electron chi connectivity index (χ4n) is 1.28. The molecule has 74 valence electrons. The van der Waals surface area contributed by atoms with Crippen molar-refractivity contribution in [1.82, 2.24) is 5.32 Å². The van der Waals surface area contributed by atoms with Gasteiger partial charge in [-0.1, -0.05) is 30.3 Å². The number of hydrogen-bond acceptors (Lipinski definition) is 1. The maximum Gasteiger partial charge on any atom is 0.0214 e. The summed E-state index contributed by atoms with van der Waals surface area (Å²) in [6.45, 7) is 3.91. The van der Waals surface area contributed by atoms with Crippen LogP contribution in [0, 0.1) is 11.8 Å². The molecular weight excluding hydrogens is 170 g/mol. The van der Waals surface area contributed by atoms with Crippen LogP contribution in [0.25, 0.3) is 0 Å². The minimum atomic E-state index is 0.950. The fourth-order valence-corrected chi connectivity index (χ4v) is 1.28. The summed E-state index contributed by atoms with van der Waals surface area (Å²) in [7, 11) is 0. The molecule has 1 heteroatoms. The molecule has 1 aromatic rings. The van der Waals surface area contributed by atoms with Crippen LogP contribution in [0.5, 0.6) is 0 Å². The number of rotatable bonds is 5. The van der Waals surface area contributed by atoms with Crippen molar-refractivity contribution in [3.8, 4) is 11.8 Å². The first kappa shape index (κ1) is 10.8.